The van der Waals surface area contributed by atoms with Crippen LogP contribution in [0.3, 0.4) is 0 Å². The van der Waals surface area contributed by atoms with Gasteiger partial charge in [0, 0.05) is 26.7 Å². The van der Waals surface area contributed by atoms with Crippen molar-refractivity contribution in [3.8, 4) is 5.75 Å². The Balaban J connectivity index is 1.70. The number of esters is 1. The van der Waals surface area contributed by atoms with E-state index in [2.05, 4.69) is 27.3 Å². The van der Waals surface area contributed by atoms with Gasteiger partial charge in [0.25, 0.3) is 0 Å². The summed E-state index contributed by atoms with van der Waals surface area (Å²) in [5, 5.41) is 3.44. The number of benzene rings is 1. The molecule has 1 aromatic rings. The first-order valence-corrected chi connectivity index (χ1v) is 9.43. The van der Waals surface area contributed by atoms with Crippen molar-refractivity contribution in [1.29, 1.82) is 0 Å². The van der Waals surface area contributed by atoms with Crippen molar-refractivity contribution in [3.05, 3.63) is 29.8 Å². The molecule has 0 atom stereocenters. The normalized spacial score (nSPS) is 15.7. The van der Waals surface area contributed by atoms with E-state index >= 15 is 0 Å². The van der Waals surface area contributed by atoms with E-state index in [1.165, 1.54) is 5.56 Å². The third-order valence-electron chi connectivity index (χ3n) is 4.71. The van der Waals surface area contributed by atoms with Crippen LogP contribution in [0.5, 0.6) is 5.75 Å². The molecule has 0 bridgehead atoms. The third kappa shape index (κ3) is 5.93. The zero-order valence-electron chi connectivity index (χ0n) is 16.2. The van der Waals surface area contributed by atoms with E-state index < -0.39 is 0 Å². The zero-order chi connectivity index (χ0) is 18.8. The smallest absolute Gasteiger partial charge is 0.309 e. The number of nitrogens with one attached hydrogen (secondary N) is 1. The minimum Gasteiger partial charge on any atom is -0.497 e. The fourth-order valence-electron chi connectivity index (χ4n) is 3.20. The van der Waals surface area contributed by atoms with E-state index in [0.29, 0.717) is 6.61 Å². The van der Waals surface area contributed by atoms with Crippen molar-refractivity contribution in [2.45, 2.75) is 32.6 Å². The molecule has 1 aliphatic heterocycles. The summed E-state index contributed by atoms with van der Waals surface area (Å²) >= 11 is 0. The molecule has 6 heteroatoms. The molecule has 1 saturated heterocycles. The van der Waals surface area contributed by atoms with Gasteiger partial charge in [-0.05, 0) is 50.3 Å². The van der Waals surface area contributed by atoms with Gasteiger partial charge in [-0.2, -0.15) is 0 Å². The zero-order valence-corrected chi connectivity index (χ0v) is 16.2. The lowest BCUT2D eigenvalue weighted by atomic mass is 9.97. The van der Waals surface area contributed by atoms with Crippen LogP contribution in [-0.2, 0) is 16.0 Å². The van der Waals surface area contributed by atoms with Crippen molar-refractivity contribution in [3.63, 3.8) is 0 Å². The number of hydrogen-bond donors (Lipinski definition) is 1. The molecule has 0 spiro atoms. The first-order valence-electron chi connectivity index (χ1n) is 9.43. The van der Waals surface area contributed by atoms with Crippen LogP contribution in [0.15, 0.2) is 29.3 Å². The fraction of sp³-hybridized carbons (Fsp3) is 0.600. The number of rotatable bonds is 7. The summed E-state index contributed by atoms with van der Waals surface area (Å²) in [6, 6.07) is 8.20. The van der Waals surface area contributed by atoms with E-state index in [1.807, 2.05) is 26.1 Å². The molecule has 0 saturated carbocycles. The first-order chi connectivity index (χ1) is 12.7. The topological polar surface area (TPSA) is 63.2 Å². The Kier molecular flexibility index (Phi) is 8.25. The lowest BCUT2D eigenvalue weighted by Gasteiger charge is -2.33. The standard InChI is InChI=1S/C20H31N3O3/c1-4-26-19(24)17-11-14-23(15-12-17)20(21-2)22-13-5-6-16-7-9-18(25-3)10-8-16/h7-10,17H,4-6,11-15H2,1-3H3,(H,21,22). The van der Waals surface area contributed by atoms with Crippen LogP contribution in [0.1, 0.15) is 31.7 Å². The number of carbonyl (C=O) groups excluding carboxylic acids is 1. The van der Waals surface area contributed by atoms with Gasteiger partial charge in [-0.25, -0.2) is 0 Å². The minimum absolute atomic E-state index is 0.0272. The van der Waals surface area contributed by atoms with E-state index in [9.17, 15) is 4.79 Å². The monoisotopic (exact) mass is 361 g/mol. The molecule has 1 fully saturated rings. The molecule has 6 nitrogen and oxygen atoms in total. The van der Waals surface area contributed by atoms with E-state index in [-0.39, 0.29) is 11.9 Å². The highest BCUT2D eigenvalue weighted by Gasteiger charge is 2.27. The Hall–Kier alpha value is -2.24. The average Bonchev–Trinajstić information content (AvgIpc) is 2.69. The van der Waals surface area contributed by atoms with Crippen LogP contribution in [0.4, 0.5) is 0 Å². The average molecular weight is 361 g/mol. The number of carbonyl (C=O) groups is 1. The predicted octanol–water partition coefficient (Wildman–Crippen LogP) is 2.48. The molecule has 1 aromatic carbocycles. The molecule has 1 heterocycles. The maximum absolute atomic E-state index is 11.8. The summed E-state index contributed by atoms with van der Waals surface area (Å²) in [5.41, 5.74) is 1.30. The molecule has 0 amide bonds. The number of guanidine groups is 1. The summed E-state index contributed by atoms with van der Waals surface area (Å²) in [5.74, 6) is 1.77. The molecule has 26 heavy (non-hydrogen) atoms. The lowest BCUT2D eigenvalue weighted by Crippen LogP contribution is -2.47. The summed E-state index contributed by atoms with van der Waals surface area (Å²) < 4.78 is 10.3. The highest BCUT2D eigenvalue weighted by molar-refractivity contribution is 5.80. The maximum atomic E-state index is 11.8. The second kappa shape index (κ2) is 10.7. The van der Waals surface area contributed by atoms with Gasteiger partial charge >= 0.3 is 5.97 Å². The number of piperidine rings is 1. The van der Waals surface area contributed by atoms with E-state index in [0.717, 1.165) is 57.0 Å². The van der Waals surface area contributed by atoms with Crippen LogP contribution in [0.2, 0.25) is 0 Å². The van der Waals surface area contributed by atoms with Gasteiger partial charge in [-0.3, -0.25) is 9.79 Å². The number of nitrogens with zero attached hydrogens (tertiary/aromatic N) is 2. The van der Waals surface area contributed by atoms with Gasteiger partial charge in [-0.15, -0.1) is 0 Å². The van der Waals surface area contributed by atoms with Crippen molar-refractivity contribution in [1.82, 2.24) is 10.2 Å². The molecule has 1 N–H and O–H groups in total. The number of likely N-dealkylation sites (tertiary alicyclic amines) is 1. The molecule has 0 radical (unpaired) electrons. The van der Waals surface area contributed by atoms with Crippen molar-refractivity contribution in [2.75, 3.05) is 40.4 Å². The quantitative estimate of drug-likeness (QED) is 0.350. The lowest BCUT2D eigenvalue weighted by molar-refractivity contribution is -0.149. The second-order valence-corrected chi connectivity index (χ2v) is 6.44. The van der Waals surface area contributed by atoms with Crippen LogP contribution >= 0.6 is 0 Å². The molecule has 1 aliphatic rings. The van der Waals surface area contributed by atoms with Crippen LogP contribution in [0, 0.1) is 5.92 Å². The summed E-state index contributed by atoms with van der Waals surface area (Å²) in [6.07, 6.45) is 3.69. The number of aliphatic imine (C=N–C) groups is 1. The third-order valence-corrected chi connectivity index (χ3v) is 4.71. The summed E-state index contributed by atoms with van der Waals surface area (Å²) in [4.78, 5) is 18.4. The van der Waals surface area contributed by atoms with E-state index in [4.69, 9.17) is 9.47 Å². The predicted molar refractivity (Wildman–Crippen MR) is 104 cm³/mol. The Morgan fingerprint density at radius 3 is 2.54 bits per heavy atom. The van der Waals surface area contributed by atoms with Gasteiger partial charge in [0.15, 0.2) is 5.96 Å². The molecule has 0 aliphatic carbocycles. The van der Waals surface area contributed by atoms with Gasteiger partial charge in [-0.1, -0.05) is 12.1 Å². The van der Waals surface area contributed by atoms with Gasteiger partial charge in [0.1, 0.15) is 5.75 Å². The summed E-state index contributed by atoms with van der Waals surface area (Å²) in [6.45, 7) is 4.85. The highest BCUT2D eigenvalue weighted by Crippen LogP contribution is 2.18. The largest absolute Gasteiger partial charge is 0.497 e. The van der Waals surface area contributed by atoms with E-state index in [1.54, 1.807) is 7.11 Å². The van der Waals surface area contributed by atoms with Crippen molar-refractivity contribution < 1.29 is 14.3 Å². The van der Waals surface area contributed by atoms with Crippen LogP contribution < -0.4 is 10.1 Å². The molecule has 0 unspecified atom stereocenters. The Labute approximate surface area is 156 Å². The first kappa shape index (κ1) is 20.1. The highest BCUT2D eigenvalue weighted by atomic mass is 16.5. The van der Waals surface area contributed by atoms with Gasteiger partial charge < -0.3 is 19.7 Å². The van der Waals surface area contributed by atoms with Crippen LogP contribution in [0.25, 0.3) is 0 Å². The number of methoxy groups -OCH3 is 1. The molecule has 0 aromatic heterocycles. The number of ether oxygens (including phenoxy) is 2. The summed E-state index contributed by atoms with van der Waals surface area (Å²) in [7, 11) is 3.49. The SMILES string of the molecule is CCOC(=O)C1CCN(C(=NC)NCCCc2ccc(OC)cc2)CC1. The van der Waals surface area contributed by atoms with Crippen LogP contribution in [-0.4, -0.2) is 57.2 Å². The Morgan fingerprint density at radius 2 is 1.96 bits per heavy atom. The Bertz CT molecular complexity index is 578. The van der Waals surface area contributed by atoms with Crippen molar-refractivity contribution >= 4 is 11.9 Å². The molecule has 144 valence electrons. The molecular weight excluding hydrogens is 330 g/mol. The molecular formula is C20H31N3O3. The van der Waals surface area contributed by atoms with Crippen molar-refractivity contribution in [2.24, 2.45) is 10.9 Å². The maximum Gasteiger partial charge on any atom is 0.309 e. The fourth-order valence-corrected chi connectivity index (χ4v) is 3.20. The van der Waals surface area contributed by atoms with Gasteiger partial charge in [0.05, 0.1) is 19.6 Å². The Morgan fingerprint density at radius 1 is 1.27 bits per heavy atom. The van der Waals surface area contributed by atoms with Gasteiger partial charge in [0.2, 0.25) is 0 Å². The molecule has 2 rings (SSSR count). The number of aryl methyl sites for hydroxylation is 1. The second-order valence-electron chi connectivity index (χ2n) is 6.44. The number of hydrogen-bond acceptors (Lipinski definition) is 4. The minimum atomic E-state index is -0.0606.